The Morgan fingerprint density at radius 1 is 1.32 bits per heavy atom. The summed E-state index contributed by atoms with van der Waals surface area (Å²) in [5.41, 5.74) is 1.93. The van der Waals surface area contributed by atoms with Crippen LogP contribution in [0.25, 0.3) is 0 Å². The first-order chi connectivity index (χ1) is 10.5. The third kappa shape index (κ3) is 4.01. The van der Waals surface area contributed by atoms with Crippen molar-refractivity contribution >= 4 is 17.3 Å². The Bertz CT molecular complexity index is 496. The number of piperidine rings is 1. The highest BCUT2D eigenvalue weighted by atomic mass is 16.3. The van der Waals surface area contributed by atoms with Gasteiger partial charge in [0.2, 0.25) is 5.91 Å². The number of anilines is 2. The number of rotatable bonds is 5. The maximum absolute atomic E-state index is 12.4. The van der Waals surface area contributed by atoms with Gasteiger partial charge >= 0.3 is 0 Å². The molecule has 4 nitrogen and oxygen atoms in total. The van der Waals surface area contributed by atoms with Gasteiger partial charge in [-0.3, -0.25) is 4.79 Å². The zero-order valence-electron chi connectivity index (χ0n) is 13.9. The van der Waals surface area contributed by atoms with Crippen molar-refractivity contribution in [3.63, 3.8) is 0 Å². The number of para-hydroxylation sites is 2. The van der Waals surface area contributed by atoms with Gasteiger partial charge in [0.25, 0.3) is 0 Å². The summed E-state index contributed by atoms with van der Waals surface area (Å²) in [7, 11) is 0. The summed E-state index contributed by atoms with van der Waals surface area (Å²) in [6.45, 7) is 7.87. The van der Waals surface area contributed by atoms with Crippen LogP contribution >= 0.6 is 0 Å². The van der Waals surface area contributed by atoms with Crippen molar-refractivity contribution in [2.75, 3.05) is 23.3 Å². The molecule has 122 valence electrons. The van der Waals surface area contributed by atoms with Gasteiger partial charge in [-0.1, -0.05) is 39.3 Å². The second-order valence-electron chi connectivity index (χ2n) is 6.40. The molecule has 1 heterocycles. The molecule has 1 saturated heterocycles. The van der Waals surface area contributed by atoms with Crippen molar-refractivity contribution in [2.24, 2.45) is 11.8 Å². The Kier molecular flexibility index (Phi) is 5.83. The van der Waals surface area contributed by atoms with Crippen LogP contribution in [0, 0.1) is 11.8 Å². The normalized spacial score (nSPS) is 18.8. The summed E-state index contributed by atoms with van der Waals surface area (Å²) in [6, 6.07) is 7.95. The number of aliphatic hydroxyl groups is 1. The van der Waals surface area contributed by atoms with E-state index in [0.29, 0.717) is 5.92 Å². The minimum atomic E-state index is -0.191. The first-order valence-corrected chi connectivity index (χ1v) is 8.35. The molecule has 1 aromatic carbocycles. The number of hydrogen-bond donors (Lipinski definition) is 2. The first-order valence-electron chi connectivity index (χ1n) is 8.35. The molecule has 1 fully saturated rings. The third-order valence-electron chi connectivity index (χ3n) is 4.88. The van der Waals surface area contributed by atoms with Gasteiger partial charge in [0.1, 0.15) is 0 Å². The van der Waals surface area contributed by atoms with E-state index in [1.54, 1.807) is 0 Å². The maximum Gasteiger partial charge on any atom is 0.227 e. The molecule has 4 heteroatoms. The number of carbonyl (C=O) groups excluding carboxylic acids is 1. The summed E-state index contributed by atoms with van der Waals surface area (Å²) in [5, 5.41) is 12.7. The van der Waals surface area contributed by atoms with Gasteiger partial charge in [-0.2, -0.15) is 0 Å². The molecule has 1 aliphatic rings. The smallest absolute Gasteiger partial charge is 0.227 e. The van der Waals surface area contributed by atoms with Crippen LogP contribution in [-0.4, -0.2) is 30.2 Å². The standard InChI is InChI=1S/C18H28N2O2/c1-4-13(2)14(3)18(22)19-16-7-5-6-8-17(16)20-11-9-15(21)10-12-20/h5-8,13-15,21H,4,9-12H2,1-3H3,(H,19,22). The number of nitrogens with zero attached hydrogens (tertiary/aromatic N) is 1. The molecule has 1 aromatic rings. The Morgan fingerprint density at radius 2 is 1.95 bits per heavy atom. The van der Waals surface area contributed by atoms with E-state index in [1.807, 2.05) is 31.2 Å². The number of aliphatic hydroxyl groups excluding tert-OH is 1. The number of amides is 1. The summed E-state index contributed by atoms with van der Waals surface area (Å²) in [6.07, 6.45) is 2.38. The molecule has 0 aromatic heterocycles. The Labute approximate surface area is 133 Å². The molecule has 2 atom stereocenters. The lowest BCUT2D eigenvalue weighted by molar-refractivity contribution is -0.120. The molecule has 1 aliphatic heterocycles. The molecule has 0 bridgehead atoms. The maximum atomic E-state index is 12.4. The van der Waals surface area contributed by atoms with E-state index in [4.69, 9.17) is 0 Å². The van der Waals surface area contributed by atoms with Crippen LogP contribution in [0.1, 0.15) is 40.0 Å². The van der Waals surface area contributed by atoms with Crippen molar-refractivity contribution in [1.29, 1.82) is 0 Å². The molecule has 0 aliphatic carbocycles. The lowest BCUT2D eigenvalue weighted by Gasteiger charge is -2.33. The lowest BCUT2D eigenvalue weighted by atomic mass is 9.93. The van der Waals surface area contributed by atoms with Crippen LogP contribution in [-0.2, 0) is 4.79 Å². The monoisotopic (exact) mass is 304 g/mol. The van der Waals surface area contributed by atoms with Gasteiger partial charge in [-0.15, -0.1) is 0 Å². The largest absolute Gasteiger partial charge is 0.393 e. The fourth-order valence-corrected chi connectivity index (χ4v) is 2.82. The van der Waals surface area contributed by atoms with Crippen molar-refractivity contribution in [2.45, 2.75) is 46.1 Å². The van der Waals surface area contributed by atoms with Gasteiger partial charge < -0.3 is 15.3 Å². The van der Waals surface area contributed by atoms with Crippen LogP contribution in [0.15, 0.2) is 24.3 Å². The zero-order chi connectivity index (χ0) is 16.1. The molecule has 2 rings (SSSR count). The molecule has 0 spiro atoms. The van der Waals surface area contributed by atoms with E-state index in [2.05, 4.69) is 24.1 Å². The third-order valence-corrected chi connectivity index (χ3v) is 4.88. The van der Waals surface area contributed by atoms with Crippen molar-refractivity contribution in [3.8, 4) is 0 Å². The molecule has 1 amide bonds. The van der Waals surface area contributed by atoms with Gasteiger partial charge in [0.05, 0.1) is 17.5 Å². The SMILES string of the molecule is CCC(C)C(C)C(=O)Nc1ccccc1N1CCC(O)CC1. The van der Waals surface area contributed by atoms with Crippen LogP contribution in [0.4, 0.5) is 11.4 Å². The average Bonchev–Trinajstić information content (AvgIpc) is 2.54. The average molecular weight is 304 g/mol. The van der Waals surface area contributed by atoms with Gasteiger partial charge in [-0.05, 0) is 30.9 Å². The first kappa shape index (κ1) is 16.8. The number of hydrogen-bond acceptors (Lipinski definition) is 3. The van der Waals surface area contributed by atoms with Crippen LogP contribution in [0.5, 0.6) is 0 Å². The zero-order valence-corrected chi connectivity index (χ0v) is 13.9. The molecular weight excluding hydrogens is 276 g/mol. The second kappa shape index (κ2) is 7.63. The topological polar surface area (TPSA) is 52.6 Å². The number of benzene rings is 1. The van der Waals surface area contributed by atoms with E-state index in [0.717, 1.165) is 43.7 Å². The van der Waals surface area contributed by atoms with Crippen molar-refractivity contribution in [3.05, 3.63) is 24.3 Å². The van der Waals surface area contributed by atoms with Crippen molar-refractivity contribution in [1.82, 2.24) is 0 Å². The van der Waals surface area contributed by atoms with Gasteiger partial charge in [0.15, 0.2) is 0 Å². The van der Waals surface area contributed by atoms with Crippen LogP contribution in [0.3, 0.4) is 0 Å². The number of carbonyl (C=O) groups is 1. The van der Waals surface area contributed by atoms with Gasteiger partial charge in [0, 0.05) is 19.0 Å². The molecular formula is C18H28N2O2. The fraction of sp³-hybridized carbons (Fsp3) is 0.611. The van der Waals surface area contributed by atoms with Crippen LogP contribution < -0.4 is 10.2 Å². The number of nitrogens with one attached hydrogen (secondary N) is 1. The molecule has 2 N–H and O–H groups in total. The molecule has 22 heavy (non-hydrogen) atoms. The highest BCUT2D eigenvalue weighted by molar-refractivity contribution is 5.95. The van der Waals surface area contributed by atoms with E-state index in [-0.39, 0.29) is 17.9 Å². The lowest BCUT2D eigenvalue weighted by Crippen LogP contribution is -2.36. The van der Waals surface area contributed by atoms with E-state index in [1.165, 1.54) is 0 Å². The van der Waals surface area contributed by atoms with Gasteiger partial charge in [-0.25, -0.2) is 0 Å². The summed E-state index contributed by atoms with van der Waals surface area (Å²) in [5.74, 6) is 0.456. The summed E-state index contributed by atoms with van der Waals surface area (Å²) < 4.78 is 0. The second-order valence-corrected chi connectivity index (χ2v) is 6.40. The summed E-state index contributed by atoms with van der Waals surface area (Å²) >= 11 is 0. The Morgan fingerprint density at radius 3 is 2.59 bits per heavy atom. The minimum absolute atomic E-state index is 0.00114. The fourth-order valence-electron chi connectivity index (χ4n) is 2.82. The van der Waals surface area contributed by atoms with E-state index < -0.39 is 0 Å². The highest BCUT2D eigenvalue weighted by Crippen LogP contribution is 2.29. The van der Waals surface area contributed by atoms with Crippen LogP contribution in [0.2, 0.25) is 0 Å². The van der Waals surface area contributed by atoms with E-state index >= 15 is 0 Å². The molecule has 0 radical (unpaired) electrons. The molecule has 0 saturated carbocycles. The Balaban J connectivity index is 2.10. The summed E-state index contributed by atoms with van der Waals surface area (Å²) in [4.78, 5) is 14.7. The predicted molar refractivity (Wildman–Crippen MR) is 91.1 cm³/mol. The molecule has 2 unspecified atom stereocenters. The van der Waals surface area contributed by atoms with Crippen molar-refractivity contribution < 1.29 is 9.90 Å². The quantitative estimate of drug-likeness (QED) is 0.878. The Hall–Kier alpha value is -1.55. The predicted octanol–water partition coefficient (Wildman–Crippen LogP) is 3.27. The van der Waals surface area contributed by atoms with E-state index in [9.17, 15) is 9.90 Å². The highest BCUT2D eigenvalue weighted by Gasteiger charge is 2.22. The minimum Gasteiger partial charge on any atom is -0.393 e.